The van der Waals surface area contributed by atoms with E-state index in [0.29, 0.717) is 37.0 Å². The molecule has 3 rings (SSSR count). The van der Waals surface area contributed by atoms with Crippen LogP contribution >= 0.6 is 0 Å². The fourth-order valence-corrected chi connectivity index (χ4v) is 2.32. The van der Waals surface area contributed by atoms with Crippen LogP contribution in [0.15, 0.2) is 10.6 Å². The Balaban J connectivity index is 1.72. The number of aryl methyl sites for hydroxylation is 1. The second-order valence-electron chi connectivity index (χ2n) is 5.67. The summed E-state index contributed by atoms with van der Waals surface area (Å²) in [5, 5.41) is 10.9. The van der Waals surface area contributed by atoms with Gasteiger partial charge in [-0.3, -0.25) is 9.89 Å². The van der Waals surface area contributed by atoms with Crippen molar-refractivity contribution in [2.75, 3.05) is 19.7 Å². The van der Waals surface area contributed by atoms with E-state index in [9.17, 15) is 4.79 Å². The fraction of sp³-hybridized carbons (Fsp3) is 0.571. The van der Waals surface area contributed by atoms with Gasteiger partial charge in [-0.15, -0.1) is 0 Å². The van der Waals surface area contributed by atoms with Crippen LogP contribution in [0.3, 0.4) is 0 Å². The van der Waals surface area contributed by atoms with Crippen molar-refractivity contribution >= 4 is 5.91 Å². The quantitative estimate of drug-likeness (QED) is 0.921. The summed E-state index contributed by atoms with van der Waals surface area (Å²) in [6.07, 6.45) is -0.300. The number of ether oxygens (including phenoxy) is 1. The van der Waals surface area contributed by atoms with Gasteiger partial charge in [-0.25, -0.2) is 4.98 Å². The number of morpholine rings is 1. The van der Waals surface area contributed by atoms with Gasteiger partial charge in [0.1, 0.15) is 11.9 Å². The van der Waals surface area contributed by atoms with Crippen LogP contribution in [-0.4, -0.2) is 50.8 Å². The van der Waals surface area contributed by atoms with E-state index < -0.39 is 0 Å². The van der Waals surface area contributed by atoms with E-state index in [1.807, 2.05) is 13.8 Å². The molecule has 1 aliphatic heterocycles. The number of carbonyl (C=O) groups is 1. The molecular weight excluding hydrogens is 286 g/mol. The van der Waals surface area contributed by atoms with Crippen molar-refractivity contribution in [3.63, 3.8) is 0 Å². The SMILES string of the molecule is Cc1cc(C(=O)N2CCO[C@H](c3nc(C(C)C)n[nH]3)C2)no1. The summed E-state index contributed by atoms with van der Waals surface area (Å²) < 4.78 is 10.7. The lowest BCUT2D eigenvalue weighted by Gasteiger charge is -2.31. The lowest BCUT2D eigenvalue weighted by molar-refractivity contribution is -0.0269. The minimum Gasteiger partial charge on any atom is -0.367 e. The molecule has 2 aromatic heterocycles. The maximum absolute atomic E-state index is 12.4. The van der Waals surface area contributed by atoms with Crippen LogP contribution < -0.4 is 0 Å². The van der Waals surface area contributed by atoms with Gasteiger partial charge in [0, 0.05) is 18.5 Å². The largest absolute Gasteiger partial charge is 0.367 e. The summed E-state index contributed by atoms with van der Waals surface area (Å²) in [7, 11) is 0. The molecule has 0 aromatic carbocycles. The topological polar surface area (TPSA) is 97.1 Å². The molecule has 0 aliphatic carbocycles. The van der Waals surface area contributed by atoms with Gasteiger partial charge in [0.25, 0.3) is 5.91 Å². The smallest absolute Gasteiger partial charge is 0.276 e. The first-order chi connectivity index (χ1) is 10.5. The van der Waals surface area contributed by atoms with Crippen LogP contribution in [0, 0.1) is 6.92 Å². The van der Waals surface area contributed by atoms with E-state index in [-0.39, 0.29) is 17.9 Å². The number of rotatable bonds is 3. The lowest BCUT2D eigenvalue weighted by Crippen LogP contribution is -2.42. The van der Waals surface area contributed by atoms with E-state index in [0.717, 1.165) is 5.82 Å². The van der Waals surface area contributed by atoms with Crippen LogP contribution in [-0.2, 0) is 4.74 Å². The van der Waals surface area contributed by atoms with Gasteiger partial charge in [-0.05, 0) is 6.92 Å². The Morgan fingerprint density at radius 2 is 2.32 bits per heavy atom. The number of carbonyl (C=O) groups excluding carboxylic acids is 1. The first-order valence-corrected chi connectivity index (χ1v) is 7.31. The highest BCUT2D eigenvalue weighted by Gasteiger charge is 2.29. The lowest BCUT2D eigenvalue weighted by atomic mass is 10.2. The van der Waals surface area contributed by atoms with Gasteiger partial charge in [0.05, 0.1) is 13.2 Å². The number of nitrogens with one attached hydrogen (secondary N) is 1. The molecule has 2 aromatic rings. The van der Waals surface area contributed by atoms with E-state index in [4.69, 9.17) is 9.26 Å². The van der Waals surface area contributed by atoms with E-state index in [2.05, 4.69) is 20.3 Å². The van der Waals surface area contributed by atoms with Crippen LogP contribution in [0.1, 0.15) is 53.8 Å². The molecule has 0 spiro atoms. The van der Waals surface area contributed by atoms with Gasteiger partial charge >= 0.3 is 0 Å². The highest BCUT2D eigenvalue weighted by molar-refractivity contribution is 5.92. The van der Waals surface area contributed by atoms with Crippen molar-refractivity contribution in [2.24, 2.45) is 0 Å². The van der Waals surface area contributed by atoms with Gasteiger partial charge in [0.15, 0.2) is 17.3 Å². The highest BCUT2D eigenvalue weighted by atomic mass is 16.5. The minimum atomic E-state index is -0.300. The zero-order chi connectivity index (χ0) is 15.7. The van der Waals surface area contributed by atoms with Gasteiger partial charge in [-0.2, -0.15) is 5.10 Å². The molecule has 0 radical (unpaired) electrons. The molecule has 1 amide bonds. The first-order valence-electron chi connectivity index (χ1n) is 7.31. The molecule has 3 heterocycles. The maximum Gasteiger partial charge on any atom is 0.276 e. The predicted molar refractivity (Wildman–Crippen MR) is 76.3 cm³/mol. The Morgan fingerprint density at radius 1 is 1.50 bits per heavy atom. The van der Waals surface area contributed by atoms with Crippen molar-refractivity contribution in [3.8, 4) is 0 Å². The number of aromatic amines is 1. The molecule has 8 nitrogen and oxygen atoms in total. The van der Waals surface area contributed by atoms with E-state index >= 15 is 0 Å². The average Bonchev–Trinajstić information content (AvgIpc) is 3.15. The first kappa shape index (κ1) is 14.7. The molecular formula is C14H19N5O3. The van der Waals surface area contributed by atoms with Crippen molar-refractivity contribution in [1.29, 1.82) is 0 Å². The molecule has 0 bridgehead atoms. The number of aromatic nitrogens is 4. The van der Waals surface area contributed by atoms with Gasteiger partial charge in [-0.1, -0.05) is 19.0 Å². The van der Waals surface area contributed by atoms with E-state index in [1.165, 1.54) is 0 Å². The minimum absolute atomic E-state index is 0.159. The summed E-state index contributed by atoms with van der Waals surface area (Å²) in [6.45, 7) is 7.19. The van der Waals surface area contributed by atoms with Crippen molar-refractivity contribution in [1.82, 2.24) is 25.2 Å². The molecule has 8 heteroatoms. The molecule has 0 saturated carbocycles. The van der Waals surface area contributed by atoms with Crippen molar-refractivity contribution in [2.45, 2.75) is 32.8 Å². The molecule has 0 unspecified atom stereocenters. The zero-order valence-corrected chi connectivity index (χ0v) is 12.9. The number of hydrogen-bond donors (Lipinski definition) is 1. The van der Waals surface area contributed by atoms with Crippen LogP contribution in [0.2, 0.25) is 0 Å². The van der Waals surface area contributed by atoms with Gasteiger partial charge in [0.2, 0.25) is 0 Å². The molecule has 1 saturated heterocycles. The summed E-state index contributed by atoms with van der Waals surface area (Å²) in [4.78, 5) is 18.5. The molecule has 1 aliphatic rings. The summed E-state index contributed by atoms with van der Waals surface area (Å²) in [5.74, 6) is 2.09. The molecule has 1 N–H and O–H groups in total. The normalized spacial score (nSPS) is 18.9. The van der Waals surface area contributed by atoms with E-state index in [1.54, 1.807) is 17.9 Å². The Morgan fingerprint density at radius 3 is 2.95 bits per heavy atom. The maximum atomic E-state index is 12.4. The Kier molecular flexibility index (Phi) is 3.93. The number of nitrogens with zero attached hydrogens (tertiary/aromatic N) is 4. The third kappa shape index (κ3) is 2.87. The molecule has 22 heavy (non-hydrogen) atoms. The number of H-pyrrole nitrogens is 1. The van der Waals surface area contributed by atoms with Crippen LogP contribution in [0.5, 0.6) is 0 Å². The Bertz CT molecular complexity index is 663. The third-order valence-corrected chi connectivity index (χ3v) is 3.54. The average molecular weight is 305 g/mol. The monoisotopic (exact) mass is 305 g/mol. The van der Waals surface area contributed by atoms with Crippen LogP contribution in [0.4, 0.5) is 0 Å². The van der Waals surface area contributed by atoms with Gasteiger partial charge < -0.3 is 14.2 Å². The van der Waals surface area contributed by atoms with Crippen molar-refractivity contribution in [3.05, 3.63) is 29.2 Å². The summed E-state index contributed by atoms with van der Waals surface area (Å²) in [5.41, 5.74) is 0.318. The fourth-order valence-electron chi connectivity index (χ4n) is 2.32. The zero-order valence-electron chi connectivity index (χ0n) is 12.9. The second-order valence-corrected chi connectivity index (χ2v) is 5.67. The van der Waals surface area contributed by atoms with Crippen molar-refractivity contribution < 1.29 is 14.1 Å². The third-order valence-electron chi connectivity index (χ3n) is 3.54. The Hall–Kier alpha value is -2.22. The summed E-state index contributed by atoms with van der Waals surface area (Å²) >= 11 is 0. The number of hydrogen-bond acceptors (Lipinski definition) is 6. The molecule has 118 valence electrons. The summed E-state index contributed by atoms with van der Waals surface area (Å²) in [6, 6.07) is 1.64. The number of amides is 1. The molecule has 1 fully saturated rings. The van der Waals surface area contributed by atoms with Crippen LogP contribution in [0.25, 0.3) is 0 Å². The predicted octanol–water partition coefficient (Wildman–Crippen LogP) is 1.44. The Labute approximate surface area is 127 Å². The standard InChI is InChI=1S/C14H19N5O3/c1-8(2)12-15-13(17-16-12)11-7-19(4-5-21-11)14(20)10-6-9(3)22-18-10/h6,8,11H,4-5,7H2,1-3H3,(H,15,16,17)/t11-/m0/s1. The highest BCUT2D eigenvalue weighted by Crippen LogP contribution is 2.21. The molecule has 1 atom stereocenters. The second kappa shape index (κ2) is 5.88.